The first-order chi connectivity index (χ1) is 17.8. The number of hydrogen-bond donors (Lipinski definition) is 1. The van der Waals surface area contributed by atoms with Gasteiger partial charge in [-0.15, -0.1) is 0 Å². The molecule has 1 aliphatic heterocycles. The van der Waals surface area contributed by atoms with Crippen LogP contribution in [0.2, 0.25) is 0 Å². The van der Waals surface area contributed by atoms with Crippen molar-refractivity contribution >= 4 is 27.1 Å². The van der Waals surface area contributed by atoms with Crippen LogP contribution in [0.3, 0.4) is 0 Å². The fraction of sp³-hybridized carbons (Fsp3) is 0.357. The fourth-order valence-electron chi connectivity index (χ4n) is 4.37. The van der Waals surface area contributed by atoms with Crippen LogP contribution in [0.25, 0.3) is 0 Å². The largest absolute Gasteiger partial charge is 0.493 e. The molecule has 0 spiro atoms. The maximum absolute atomic E-state index is 14.0. The molecule has 1 aliphatic rings. The average Bonchev–Trinajstić information content (AvgIpc) is 3.40. The number of sulfonamides is 1. The zero-order chi connectivity index (χ0) is 26.4. The second-order valence-electron chi connectivity index (χ2n) is 8.77. The van der Waals surface area contributed by atoms with Gasteiger partial charge in [0.05, 0.1) is 31.8 Å². The lowest BCUT2D eigenvalue weighted by atomic mass is 10.0. The van der Waals surface area contributed by atoms with Crippen molar-refractivity contribution in [2.45, 2.75) is 32.8 Å². The Morgan fingerprint density at radius 2 is 1.89 bits per heavy atom. The molecule has 0 aliphatic carbocycles. The second kappa shape index (κ2) is 11.8. The minimum absolute atomic E-state index is 0.0327. The van der Waals surface area contributed by atoms with Crippen molar-refractivity contribution in [3.8, 4) is 11.5 Å². The number of nitrogens with one attached hydrogen (secondary N) is 1. The molecule has 0 aromatic heterocycles. The summed E-state index contributed by atoms with van der Waals surface area (Å²) in [6.07, 6.45) is 1.09. The van der Waals surface area contributed by atoms with Crippen LogP contribution in [0.1, 0.15) is 31.4 Å². The summed E-state index contributed by atoms with van der Waals surface area (Å²) in [7, 11) is -1.77. The van der Waals surface area contributed by atoms with Crippen molar-refractivity contribution in [3.05, 3.63) is 77.6 Å². The average molecular weight is 529 g/mol. The zero-order valence-electron chi connectivity index (χ0n) is 21.4. The molecule has 0 bridgehead atoms. The molecular formula is C28H33FN2O5S. The van der Waals surface area contributed by atoms with Gasteiger partial charge in [-0.3, -0.25) is 4.31 Å². The van der Waals surface area contributed by atoms with Crippen LogP contribution in [0, 0.1) is 5.82 Å². The molecule has 1 heterocycles. The normalized spacial score (nSPS) is 15.4. The lowest BCUT2D eigenvalue weighted by molar-refractivity contribution is 0.138. The lowest BCUT2D eigenvalue weighted by Gasteiger charge is -2.23. The van der Waals surface area contributed by atoms with Gasteiger partial charge in [0.1, 0.15) is 11.9 Å². The van der Waals surface area contributed by atoms with Crippen molar-refractivity contribution in [2.75, 3.05) is 42.2 Å². The van der Waals surface area contributed by atoms with E-state index in [0.717, 1.165) is 28.9 Å². The molecule has 3 aromatic rings. The number of anilines is 3. The number of nitrogens with zero attached hydrogens (tertiary/aromatic N) is 1. The molecule has 0 amide bonds. The molecule has 0 unspecified atom stereocenters. The maximum atomic E-state index is 14.0. The molecule has 1 fully saturated rings. The molecule has 37 heavy (non-hydrogen) atoms. The van der Waals surface area contributed by atoms with Crippen LogP contribution in [-0.4, -0.2) is 47.1 Å². The van der Waals surface area contributed by atoms with Crippen LogP contribution in [0.4, 0.5) is 21.5 Å². The highest BCUT2D eigenvalue weighted by molar-refractivity contribution is 7.92. The fourth-order valence-corrected chi connectivity index (χ4v) is 5.52. The molecule has 1 N–H and O–H groups in total. The highest BCUT2D eigenvalue weighted by Crippen LogP contribution is 2.40. The maximum Gasteiger partial charge on any atom is 0.234 e. The highest BCUT2D eigenvalue weighted by atomic mass is 32.2. The number of methoxy groups -OCH3 is 1. The summed E-state index contributed by atoms with van der Waals surface area (Å²) in [6, 6.07) is 17.5. The van der Waals surface area contributed by atoms with Gasteiger partial charge in [-0.2, -0.15) is 0 Å². The summed E-state index contributed by atoms with van der Waals surface area (Å²) in [5.74, 6) is 0.905. The summed E-state index contributed by atoms with van der Waals surface area (Å²) in [5, 5.41) is 3.43. The third kappa shape index (κ3) is 6.34. The first-order valence-electron chi connectivity index (χ1n) is 12.4. The van der Waals surface area contributed by atoms with E-state index in [4.69, 9.17) is 14.2 Å². The van der Waals surface area contributed by atoms with Crippen molar-refractivity contribution in [2.24, 2.45) is 0 Å². The quantitative estimate of drug-likeness (QED) is 0.354. The number of ether oxygens (including phenoxy) is 3. The number of rotatable bonds is 11. The molecule has 0 radical (unpaired) electrons. The number of hydrogen-bond acceptors (Lipinski definition) is 6. The molecule has 0 saturated carbocycles. The van der Waals surface area contributed by atoms with Gasteiger partial charge in [-0.1, -0.05) is 12.1 Å². The number of benzene rings is 3. The van der Waals surface area contributed by atoms with E-state index in [1.807, 2.05) is 37.3 Å². The van der Waals surface area contributed by atoms with E-state index in [-0.39, 0.29) is 17.7 Å². The Labute approximate surface area is 218 Å². The highest BCUT2D eigenvalue weighted by Gasteiger charge is 2.24. The zero-order valence-corrected chi connectivity index (χ0v) is 22.2. The van der Waals surface area contributed by atoms with Crippen molar-refractivity contribution in [1.29, 1.82) is 0 Å². The second-order valence-corrected chi connectivity index (χ2v) is 11.0. The van der Waals surface area contributed by atoms with Crippen molar-refractivity contribution < 1.29 is 27.0 Å². The molecule has 198 valence electrons. The Morgan fingerprint density at radius 1 is 1.11 bits per heavy atom. The standard InChI is InChI=1S/C28H33FN2O5S/c1-4-31(37(32,33)5-2)23-11-9-22(10-12-23)30-26-13-14-27(34-3)28(36-24-15-16-35-19-24)25(26)18-20-7-6-8-21(29)17-20/h6-14,17,24,30H,4-5,15-16,18-19H2,1-3H3/t24-/m1/s1. The summed E-state index contributed by atoms with van der Waals surface area (Å²) in [4.78, 5) is 0. The van der Waals surface area contributed by atoms with E-state index >= 15 is 0 Å². The Morgan fingerprint density at radius 3 is 2.51 bits per heavy atom. The first kappa shape index (κ1) is 26.8. The topological polar surface area (TPSA) is 77.1 Å². The van der Waals surface area contributed by atoms with E-state index < -0.39 is 10.0 Å². The third-order valence-corrected chi connectivity index (χ3v) is 8.18. The molecule has 4 rings (SSSR count). The van der Waals surface area contributed by atoms with Crippen LogP contribution in [-0.2, 0) is 21.2 Å². The summed E-state index contributed by atoms with van der Waals surface area (Å²) >= 11 is 0. The monoisotopic (exact) mass is 528 g/mol. The Hall–Kier alpha value is -3.30. The van der Waals surface area contributed by atoms with Gasteiger partial charge in [0.25, 0.3) is 0 Å². The van der Waals surface area contributed by atoms with Crippen LogP contribution < -0.4 is 19.1 Å². The Balaban J connectivity index is 1.70. The van der Waals surface area contributed by atoms with E-state index in [9.17, 15) is 12.8 Å². The van der Waals surface area contributed by atoms with Gasteiger partial charge < -0.3 is 19.5 Å². The Bertz CT molecular complexity index is 1310. The van der Waals surface area contributed by atoms with E-state index in [1.54, 1.807) is 32.2 Å². The van der Waals surface area contributed by atoms with E-state index in [0.29, 0.717) is 43.4 Å². The van der Waals surface area contributed by atoms with Gasteiger partial charge in [0.2, 0.25) is 10.0 Å². The summed E-state index contributed by atoms with van der Waals surface area (Å²) < 4.78 is 57.8. The smallest absolute Gasteiger partial charge is 0.234 e. The predicted octanol–water partition coefficient (Wildman–Crippen LogP) is 5.51. The molecule has 3 aromatic carbocycles. The molecule has 9 heteroatoms. The van der Waals surface area contributed by atoms with Gasteiger partial charge in [0, 0.05) is 36.3 Å². The first-order valence-corrected chi connectivity index (χ1v) is 14.0. The van der Waals surface area contributed by atoms with Gasteiger partial charge in [-0.25, -0.2) is 12.8 Å². The van der Waals surface area contributed by atoms with Gasteiger partial charge in [-0.05, 0) is 67.9 Å². The SMILES string of the molecule is CCN(c1ccc(Nc2ccc(OC)c(O[C@@H]3CCOC3)c2Cc2cccc(F)c2)cc1)S(=O)(=O)CC. The number of halogens is 1. The molecular weight excluding hydrogens is 495 g/mol. The van der Waals surface area contributed by atoms with Gasteiger partial charge >= 0.3 is 0 Å². The van der Waals surface area contributed by atoms with Crippen LogP contribution in [0.5, 0.6) is 11.5 Å². The van der Waals surface area contributed by atoms with Crippen LogP contribution in [0.15, 0.2) is 60.7 Å². The Kier molecular flexibility index (Phi) is 8.56. The molecule has 1 saturated heterocycles. The predicted molar refractivity (Wildman–Crippen MR) is 144 cm³/mol. The van der Waals surface area contributed by atoms with Crippen molar-refractivity contribution in [3.63, 3.8) is 0 Å². The minimum Gasteiger partial charge on any atom is -0.493 e. The lowest BCUT2D eigenvalue weighted by Crippen LogP contribution is -2.31. The third-order valence-electron chi connectivity index (χ3n) is 6.31. The summed E-state index contributed by atoms with van der Waals surface area (Å²) in [6.45, 7) is 4.93. The minimum atomic E-state index is -3.36. The van der Waals surface area contributed by atoms with E-state index in [1.165, 1.54) is 16.4 Å². The molecule has 1 atom stereocenters. The summed E-state index contributed by atoms with van der Waals surface area (Å²) in [5.41, 5.74) is 3.77. The van der Waals surface area contributed by atoms with Crippen LogP contribution >= 0.6 is 0 Å². The van der Waals surface area contributed by atoms with Crippen molar-refractivity contribution in [1.82, 2.24) is 0 Å². The molecule has 7 nitrogen and oxygen atoms in total. The van der Waals surface area contributed by atoms with E-state index in [2.05, 4.69) is 5.32 Å². The van der Waals surface area contributed by atoms with Gasteiger partial charge in [0.15, 0.2) is 11.5 Å².